The molecule has 17 heavy (non-hydrogen) atoms. The topological polar surface area (TPSA) is 40.5 Å². The van der Waals surface area contributed by atoms with E-state index in [2.05, 4.69) is 0 Å². The Bertz CT molecular complexity index is 440. The molecule has 1 aromatic rings. The zero-order chi connectivity index (χ0) is 12.6. The molecule has 0 radical (unpaired) electrons. The van der Waals surface area contributed by atoms with Gasteiger partial charge in [0.1, 0.15) is 0 Å². The normalized spacial score (nSPS) is 22.8. The molecule has 1 heterocycles. The lowest BCUT2D eigenvalue weighted by Gasteiger charge is -2.31. The van der Waals surface area contributed by atoms with Gasteiger partial charge in [-0.1, -0.05) is 17.7 Å². The van der Waals surface area contributed by atoms with Crippen LogP contribution in [0.5, 0.6) is 0 Å². The molecular weight excluding hydrogens is 214 g/mol. The van der Waals surface area contributed by atoms with Gasteiger partial charge in [-0.3, -0.25) is 4.79 Å². The van der Waals surface area contributed by atoms with E-state index in [9.17, 15) is 9.90 Å². The smallest absolute Gasteiger partial charge is 0.254 e. The summed E-state index contributed by atoms with van der Waals surface area (Å²) in [4.78, 5) is 14.1. The zero-order valence-electron chi connectivity index (χ0n) is 10.6. The number of carbonyl (C=O) groups excluding carboxylic acids is 1. The zero-order valence-corrected chi connectivity index (χ0v) is 10.6. The first kappa shape index (κ1) is 12.1. The van der Waals surface area contributed by atoms with Crippen LogP contribution in [0.2, 0.25) is 0 Å². The van der Waals surface area contributed by atoms with Crippen molar-refractivity contribution in [2.75, 3.05) is 6.54 Å². The minimum Gasteiger partial charge on any atom is -0.391 e. The number of amides is 1. The van der Waals surface area contributed by atoms with Crippen LogP contribution < -0.4 is 0 Å². The molecule has 0 aliphatic carbocycles. The molecule has 3 heteroatoms. The summed E-state index contributed by atoms with van der Waals surface area (Å²) in [6, 6.07) is 7.59. The largest absolute Gasteiger partial charge is 0.391 e. The van der Waals surface area contributed by atoms with E-state index in [1.165, 1.54) is 0 Å². The van der Waals surface area contributed by atoms with E-state index in [1.807, 2.05) is 45.0 Å². The summed E-state index contributed by atoms with van der Waals surface area (Å²) in [5, 5.41) is 9.69. The van der Waals surface area contributed by atoms with Gasteiger partial charge in [0.25, 0.3) is 5.91 Å². The summed E-state index contributed by atoms with van der Waals surface area (Å²) in [6.07, 6.45) is 0.239. The second kappa shape index (κ2) is 4.15. The minimum atomic E-state index is -0.404. The maximum atomic E-state index is 12.4. The monoisotopic (exact) mass is 233 g/mol. The third kappa shape index (κ3) is 2.34. The van der Waals surface area contributed by atoms with Gasteiger partial charge in [-0.25, -0.2) is 0 Å². The number of nitrogens with zero attached hydrogens (tertiary/aromatic N) is 1. The summed E-state index contributed by atoms with van der Waals surface area (Å²) < 4.78 is 0. The highest BCUT2D eigenvalue weighted by Crippen LogP contribution is 2.30. The summed E-state index contributed by atoms with van der Waals surface area (Å²) in [5.41, 5.74) is 1.51. The van der Waals surface area contributed by atoms with E-state index in [0.29, 0.717) is 18.5 Å². The molecule has 1 fully saturated rings. The Kier molecular flexibility index (Phi) is 2.96. The van der Waals surface area contributed by atoms with Gasteiger partial charge >= 0.3 is 0 Å². The lowest BCUT2D eigenvalue weighted by Crippen LogP contribution is -2.42. The van der Waals surface area contributed by atoms with Gasteiger partial charge in [-0.05, 0) is 39.3 Å². The Balaban J connectivity index is 2.26. The van der Waals surface area contributed by atoms with E-state index in [4.69, 9.17) is 0 Å². The van der Waals surface area contributed by atoms with Gasteiger partial charge in [0.15, 0.2) is 0 Å². The Labute approximate surface area is 102 Å². The van der Waals surface area contributed by atoms with Crippen molar-refractivity contribution < 1.29 is 9.90 Å². The number of hydrogen-bond donors (Lipinski definition) is 1. The van der Waals surface area contributed by atoms with Crippen LogP contribution in [0.3, 0.4) is 0 Å². The van der Waals surface area contributed by atoms with Crippen LogP contribution in [0.25, 0.3) is 0 Å². The molecule has 1 atom stereocenters. The fraction of sp³-hybridized carbons (Fsp3) is 0.500. The maximum absolute atomic E-state index is 12.4. The first-order valence-corrected chi connectivity index (χ1v) is 5.97. The van der Waals surface area contributed by atoms with Gasteiger partial charge in [0, 0.05) is 17.6 Å². The molecule has 2 rings (SSSR count). The van der Waals surface area contributed by atoms with E-state index < -0.39 is 6.10 Å². The quantitative estimate of drug-likeness (QED) is 0.805. The lowest BCUT2D eigenvalue weighted by molar-refractivity contribution is 0.0641. The second-order valence-electron chi connectivity index (χ2n) is 5.46. The predicted molar refractivity (Wildman–Crippen MR) is 66.9 cm³/mol. The summed E-state index contributed by atoms with van der Waals surface area (Å²) in [6.45, 7) is 6.40. The summed E-state index contributed by atoms with van der Waals surface area (Å²) >= 11 is 0. The summed E-state index contributed by atoms with van der Waals surface area (Å²) in [5.74, 6) is 0.00949. The van der Waals surface area contributed by atoms with Crippen LogP contribution in [0.15, 0.2) is 24.3 Å². The molecule has 1 amide bonds. The van der Waals surface area contributed by atoms with E-state index in [-0.39, 0.29) is 11.4 Å². The molecule has 1 saturated heterocycles. The van der Waals surface area contributed by atoms with E-state index in [0.717, 1.165) is 5.56 Å². The molecule has 92 valence electrons. The number of benzene rings is 1. The Hall–Kier alpha value is -1.35. The average molecular weight is 233 g/mol. The van der Waals surface area contributed by atoms with Gasteiger partial charge in [0.05, 0.1) is 6.10 Å². The van der Waals surface area contributed by atoms with Crippen molar-refractivity contribution in [1.82, 2.24) is 4.90 Å². The third-order valence-corrected chi connectivity index (χ3v) is 3.37. The molecule has 1 aromatic carbocycles. The van der Waals surface area contributed by atoms with Crippen LogP contribution in [-0.4, -0.2) is 34.1 Å². The number of β-amino-alcohol motifs (C(OH)–C–C–N with tert-alkyl or cyclic N) is 1. The number of aliphatic hydroxyl groups is 1. The molecule has 1 unspecified atom stereocenters. The van der Waals surface area contributed by atoms with Crippen molar-refractivity contribution in [3.63, 3.8) is 0 Å². The number of aryl methyl sites for hydroxylation is 1. The molecule has 0 aromatic heterocycles. The molecule has 0 saturated carbocycles. The van der Waals surface area contributed by atoms with Gasteiger partial charge < -0.3 is 10.0 Å². The second-order valence-corrected chi connectivity index (χ2v) is 5.46. The minimum absolute atomic E-state index is 0.00949. The van der Waals surface area contributed by atoms with Gasteiger partial charge in [-0.2, -0.15) is 0 Å². The van der Waals surface area contributed by atoms with Crippen LogP contribution in [-0.2, 0) is 0 Å². The molecule has 1 aliphatic heterocycles. The van der Waals surface area contributed by atoms with Crippen molar-refractivity contribution in [3.8, 4) is 0 Å². The number of hydrogen-bond acceptors (Lipinski definition) is 2. The predicted octanol–water partition coefficient (Wildman–Crippen LogP) is 1.98. The Morgan fingerprint density at radius 2 is 2.18 bits per heavy atom. The number of rotatable bonds is 1. The molecule has 0 bridgehead atoms. The average Bonchev–Trinajstić information content (AvgIpc) is 2.51. The highest BCUT2D eigenvalue weighted by atomic mass is 16.3. The van der Waals surface area contributed by atoms with Crippen molar-refractivity contribution in [1.29, 1.82) is 0 Å². The first-order valence-electron chi connectivity index (χ1n) is 5.97. The van der Waals surface area contributed by atoms with Crippen molar-refractivity contribution in [2.45, 2.75) is 38.8 Å². The fourth-order valence-corrected chi connectivity index (χ4v) is 2.50. The molecular formula is C14H19NO2. The molecule has 1 aliphatic rings. The Morgan fingerprint density at radius 3 is 2.71 bits per heavy atom. The van der Waals surface area contributed by atoms with Crippen molar-refractivity contribution >= 4 is 5.91 Å². The number of likely N-dealkylation sites (tertiary alicyclic amines) is 1. The standard InChI is InChI=1S/C14H19NO2/c1-10-5-4-6-11(7-10)13(17)15-9-12(16)8-14(15,2)3/h4-7,12,16H,8-9H2,1-3H3. The first-order chi connectivity index (χ1) is 7.90. The maximum Gasteiger partial charge on any atom is 0.254 e. The van der Waals surface area contributed by atoms with E-state index >= 15 is 0 Å². The molecule has 1 N–H and O–H groups in total. The Morgan fingerprint density at radius 1 is 1.47 bits per heavy atom. The third-order valence-electron chi connectivity index (χ3n) is 3.37. The van der Waals surface area contributed by atoms with Gasteiger partial charge in [-0.15, -0.1) is 0 Å². The lowest BCUT2D eigenvalue weighted by atomic mass is 10.0. The highest BCUT2D eigenvalue weighted by molar-refractivity contribution is 5.95. The molecule has 3 nitrogen and oxygen atoms in total. The van der Waals surface area contributed by atoms with Crippen LogP contribution in [0.4, 0.5) is 0 Å². The van der Waals surface area contributed by atoms with Gasteiger partial charge in [0.2, 0.25) is 0 Å². The summed E-state index contributed by atoms with van der Waals surface area (Å²) in [7, 11) is 0. The van der Waals surface area contributed by atoms with Crippen molar-refractivity contribution in [3.05, 3.63) is 35.4 Å². The highest BCUT2D eigenvalue weighted by Gasteiger charge is 2.40. The van der Waals surface area contributed by atoms with Crippen LogP contribution in [0, 0.1) is 6.92 Å². The van der Waals surface area contributed by atoms with Crippen LogP contribution in [0.1, 0.15) is 36.2 Å². The fourth-order valence-electron chi connectivity index (χ4n) is 2.50. The molecule has 0 spiro atoms. The van der Waals surface area contributed by atoms with Crippen LogP contribution >= 0.6 is 0 Å². The number of carbonyl (C=O) groups is 1. The van der Waals surface area contributed by atoms with E-state index in [1.54, 1.807) is 4.90 Å². The SMILES string of the molecule is Cc1cccc(C(=O)N2CC(O)CC2(C)C)c1. The van der Waals surface area contributed by atoms with Crippen molar-refractivity contribution in [2.24, 2.45) is 0 Å². The number of aliphatic hydroxyl groups excluding tert-OH is 1.